The Labute approximate surface area is 129 Å². The summed E-state index contributed by atoms with van der Waals surface area (Å²) in [6.45, 7) is 0. The first-order valence-electron chi connectivity index (χ1n) is 6.59. The van der Waals surface area contributed by atoms with Gasteiger partial charge in [0.05, 0.1) is 11.2 Å². The number of hydrogen-bond donors (Lipinski definition) is 0. The SMILES string of the molecule is [O-][n+]1nc(Oc2ccccc2F)ccc1Oc1ccccc1F. The standard InChI is InChI=1S/C16H10F2N2O3/c17-11-5-1-3-7-13(11)22-15-9-10-16(20(21)19-15)23-14-8-4-2-6-12(14)18/h1-10H. The van der Waals surface area contributed by atoms with Crippen LogP contribution in [0.2, 0.25) is 0 Å². The minimum absolute atomic E-state index is 0.0669. The van der Waals surface area contributed by atoms with E-state index in [0.29, 0.717) is 0 Å². The van der Waals surface area contributed by atoms with Crippen LogP contribution in [0.3, 0.4) is 0 Å². The zero-order valence-electron chi connectivity index (χ0n) is 11.6. The Kier molecular flexibility index (Phi) is 4.01. The van der Waals surface area contributed by atoms with Crippen LogP contribution in [-0.4, -0.2) is 5.10 Å². The van der Waals surface area contributed by atoms with E-state index in [9.17, 15) is 14.0 Å². The van der Waals surface area contributed by atoms with Gasteiger partial charge in [0.1, 0.15) is 0 Å². The summed E-state index contributed by atoms with van der Waals surface area (Å²) in [5.41, 5.74) is 0. The number of rotatable bonds is 4. The molecule has 0 spiro atoms. The summed E-state index contributed by atoms with van der Waals surface area (Å²) in [4.78, 5) is 0.128. The first kappa shape index (κ1) is 14.7. The monoisotopic (exact) mass is 316 g/mol. The first-order valence-corrected chi connectivity index (χ1v) is 6.59. The number of para-hydroxylation sites is 2. The van der Waals surface area contributed by atoms with E-state index in [1.165, 1.54) is 48.5 Å². The molecule has 0 aliphatic heterocycles. The maximum absolute atomic E-state index is 13.5. The van der Waals surface area contributed by atoms with Crippen LogP contribution in [-0.2, 0) is 0 Å². The van der Waals surface area contributed by atoms with E-state index < -0.39 is 11.6 Å². The second-order valence-corrected chi connectivity index (χ2v) is 4.45. The minimum Gasteiger partial charge on any atom is -0.591 e. The molecular weight excluding hydrogens is 306 g/mol. The normalized spacial score (nSPS) is 10.3. The van der Waals surface area contributed by atoms with Gasteiger partial charge in [0.25, 0.3) is 5.88 Å². The predicted octanol–water partition coefficient (Wildman–Crippen LogP) is 3.58. The molecule has 0 atom stereocenters. The number of ether oxygens (including phenoxy) is 2. The molecule has 0 fully saturated rings. The Morgan fingerprint density at radius 3 is 1.91 bits per heavy atom. The van der Waals surface area contributed by atoms with Gasteiger partial charge in [0, 0.05) is 6.07 Å². The molecule has 3 aromatic rings. The summed E-state index contributed by atoms with van der Waals surface area (Å²) in [6.07, 6.45) is 0. The molecule has 0 amide bonds. The topological polar surface area (TPSA) is 58.3 Å². The summed E-state index contributed by atoms with van der Waals surface area (Å²) < 4.78 is 37.3. The van der Waals surface area contributed by atoms with Crippen molar-refractivity contribution in [3.05, 3.63) is 77.5 Å². The molecule has 2 aromatic carbocycles. The molecule has 116 valence electrons. The summed E-state index contributed by atoms with van der Waals surface area (Å²) in [5, 5.41) is 15.4. The van der Waals surface area contributed by atoms with Crippen LogP contribution in [0.5, 0.6) is 23.3 Å². The highest BCUT2D eigenvalue weighted by atomic mass is 19.1. The van der Waals surface area contributed by atoms with Gasteiger partial charge in [-0.15, -0.1) is 0 Å². The van der Waals surface area contributed by atoms with Crippen molar-refractivity contribution in [2.45, 2.75) is 0 Å². The van der Waals surface area contributed by atoms with Crippen LogP contribution >= 0.6 is 0 Å². The van der Waals surface area contributed by atoms with E-state index in [1.54, 1.807) is 12.1 Å². The average molecular weight is 316 g/mol. The fourth-order valence-electron chi connectivity index (χ4n) is 1.79. The highest BCUT2D eigenvalue weighted by Gasteiger charge is 2.15. The lowest BCUT2D eigenvalue weighted by molar-refractivity contribution is -0.674. The van der Waals surface area contributed by atoms with Crippen LogP contribution in [0.15, 0.2) is 60.7 Å². The number of hydrogen-bond acceptors (Lipinski definition) is 4. The van der Waals surface area contributed by atoms with Gasteiger partial charge in [0.15, 0.2) is 23.1 Å². The lowest BCUT2D eigenvalue weighted by Gasteiger charge is -2.07. The van der Waals surface area contributed by atoms with Crippen molar-refractivity contribution >= 4 is 0 Å². The van der Waals surface area contributed by atoms with Gasteiger partial charge in [-0.2, -0.15) is 0 Å². The van der Waals surface area contributed by atoms with Crippen LogP contribution in [0, 0.1) is 16.8 Å². The lowest BCUT2D eigenvalue weighted by Crippen LogP contribution is -2.32. The molecule has 0 radical (unpaired) electrons. The van der Waals surface area contributed by atoms with Crippen molar-refractivity contribution in [2.24, 2.45) is 0 Å². The maximum Gasteiger partial charge on any atom is 0.411 e. The largest absolute Gasteiger partial charge is 0.591 e. The van der Waals surface area contributed by atoms with Gasteiger partial charge >= 0.3 is 5.88 Å². The molecule has 0 aliphatic carbocycles. The Balaban J connectivity index is 1.81. The van der Waals surface area contributed by atoms with Crippen molar-refractivity contribution in [1.29, 1.82) is 0 Å². The highest BCUT2D eigenvalue weighted by molar-refractivity contribution is 5.29. The molecular formula is C16H10F2N2O3. The summed E-state index contributed by atoms with van der Waals surface area (Å²) in [7, 11) is 0. The highest BCUT2D eigenvalue weighted by Crippen LogP contribution is 2.24. The Morgan fingerprint density at radius 1 is 0.783 bits per heavy atom. The van der Waals surface area contributed by atoms with Crippen molar-refractivity contribution in [1.82, 2.24) is 5.10 Å². The number of benzene rings is 2. The molecule has 0 N–H and O–H groups in total. The molecule has 0 saturated carbocycles. The van der Waals surface area contributed by atoms with Crippen LogP contribution in [0.4, 0.5) is 8.78 Å². The molecule has 0 aliphatic rings. The minimum atomic E-state index is -0.612. The lowest BCUT2D eigenvalue weighted by atomic mass is 10.3. The van der Waals surface area contributed by atoms with E-state index in [0.717, 1.165) is 0 Å². The molecule has 3 rings (SSSR count). The zero-order chi connectivity index (χ0) is 16.2. The van der Waals surface area contributed by atoms with E-state index in [4.69, 9.17) is 9.47 Å². The van der Waals surface area contributed by atoms with Crippen molar-refractivity contribution in [3.8, 4) is 23.3 Å². The fourth-order valence-corrected chi connectivity index (χ4v) is 1.79. The van der Waals surface area contributed by atoms with Gasteiger partial charge < -0.3 is 14.7 Å². The third-order valence-electron chi connectivity index (χ3n) is 2.85. The molecule has 5 nitrogen and oxygen atoms in total. The fraction of sp³-hybridized carbons (Fsp3) is 0. The Bertz CT molecular complexity index is 843. The van der Waals surface area contributed by atoms with Crippen LogP contribution in [0.25, 0.3) is 0 Å². The summed E-state index contributed by atoms with van der Waals surface area (Å²) in [6, 6.07) is 13.9. The molecule has 23 heavy (non-hydrogen) atoms. The average Bonchev–Trinajstić information content (AvgIpc) is 2.54. The first-order chi connectivity index (χ1) is 11.1. The zero-order valence-corrected chi connectivity index (χ0v) is 11.6. The number of halogens is 2. The predicted molar refractivity (Wildman–Crippen MR) is 76.1 cm³/mol. The van der Waals surface area contributed by atoms with Gasteiger partial charge in [0.2, 0.25) is 0 Å². The Hall–Kier alpha value is -3.22. The van der Waals surface area contributed by atoms with Gasteiger partial charge in [-0.05, 0) is 29.1 Å². The third kappa shape index (κ3) is 3.34. The molecule has 7 heteroatoms. The van der Waals surface area contributed by atoms with Crippen LogP contribution in [0.1, 0.15) is 0 Å². The molecule has 0 unspecified atom stereocenters. The second kappa shape index (κ2) is 6.27. The number of nitrogens with zero attached hydrogens (tertiary/aromatic N) is 2. The van der Waals surface area contributed by atoms with Crippen LogP contribution < -0.4 is 14.3 Å². The smallest absolute Gasteiger partial charge is 0.411 e. The molecule has 1 aromatic heterocycles. The van der Waals surface area contributed by atoms with Crippen molar-refractivity contribution in [2.75, 3.05) is 0 Å². The van der Waals surface area contributed by atoms with E-state index >= 15 is 0 Å². The van der Waals surface area contributed by atoms with Gasteiger partial charge in [-0.1, -0.05) is 24.3 Å². The maximum atomic E-state index is 13.5. The van der Waals surface area contributed by atoms with E-state index in [1.807, 2.05) is 0 Å². The van der Waals surface area contributed by atoms with E-state index in [-0.39, 0.29) is 28.1 Å². The van der Waals surface area contributed by atoms with Crippen molar-refractivity contribution in [3.63, 3.8) is 0 Å². The molecule has 1 heterocycles. The van der Waals surface area contributed by atoms with E-state index in [2.05, 4.69) is 5.10 Å². The molecule has 0 saturated heterocycles. The van der Waals surface area contributed by atoms with Crippen molar-refractivity contribution < 1.29 is 23.1 Å². The summed E-state index contributed by atoms with van der Waals surface area (Å²) >= 11 is 0. The molecule has 0 bridgehead atoms. The second-order valence-electron chi connectivity index (χ2n) is 4.45. The quantitative estimate of drug-likeness (QED) is 0.545. The van der Waals surface area contributed by atoms with Gasteiger partial charge in [-0.25, -0.2) is 8.78 Å². The Morgan fingerprint density at radius 2 is 1.35 bits per heavy atom. The van der Waals surface area contributed by atoms with Gasteiger partial charge in [-0.3, -0.25) is 0 Å². The summed E-state index contributed by atoms with van der Waals surface area (Å²) in [5.74, 6) is -1.73. The number of aromatic nitrogens is 2. The third-order valence-corrected chi connectivity index (χ3v) is 2.85.